The molecule has 0 heterocycles. The lowest BCUT2D eigenvalue weighted by Crippen LogP contribution is -2.30. The van der Waals surface area contributed by atoms with Gasteiger partial charge in [-0.2, -0.15) is 0 Å². The van der Waals surface area contributed by atoms with Crippen LogP contribution in [0, 0.1) is 0 Å². The zero-order valence-corrected chi connectivity index (χ0v) is 10.9. The van der Waals surface area contributed by atoms with Crippen molar-refractivity contribution < 1.29 is 4.79 Å². The minimum Gasteiger partial charge on any atom is -0.359 e. The van der Waals surface area contributed by atoms with Gasteiger partial charge in [0, 0.05) is 12.1 Å². The fourth-order valence-electron chi connectivity index (χ4n) is 1.30. The van der Waals surface area contributed by atoms with Gasteiger partial charge in [-0.15, -0.1) is 0 Å². The number of anilines is 1. The summed E-state index contributed by atoms with van der Waals surface area (Å²) < 4.78 is 0. The maximum absolute atomic E-state index is 11.4. The number of benzene rings is 1. The highest BCUT2D eigenvalue weighted by Gasteiger charge is 2.06. The van der Waals surface area contributed by atoms with E-state index >= 15 is 0 Å². The predicted octanol–water partition coefficient (Wildman–Crippen LogP) is 2.75. The van der Waals surface area contributed by atoms with E-state index in [9.17, 15) is 4.79 Å². The third kappa shape index (κ3) is 4.36. The fourth-order valence-corrected chi connectivity index (χ4v) is 1.48. The highest BCUT2D eigenvalue weighted by molar-refractivity contribution is 7.80. The van der Waals surface area contributed by atoms with Gasteiger partial charge in [-0.25, -0.2) is 0 Å². The molecule has 0 aliphatic rings. The third-order valence-corrected chi connectivity index (χ3v) is 2.35. The standard InChI is InChI=1S/C13H16N2OS/c1-9(2)8-14-13(17)15-12-7-5-4-6-11(12)10(3)16/h4-7H,1,8H2,2-3H3,(H2,14,15,17). The lowest BCUT2D eigenvalue weighted by molar-refractivity contribution is 0.101. The van der Waals surface area contributed by atoms with Crippen LogP contribution in [0.5, 0.6) is 0 Å². The number of carbonyl (C=O) groups excluding carboxylic acids is 1. The van der Waals surface area contributed by atoms with Crippen molar-refractivity contribution in [3.05, 3.63) is 42.0 Å². The molecule has 0 fully saturated rings. The lowest BCUT2D eigenvalue weighted by Gasteiger charge is -2.12. The van der Waals surface area contributed by atoms with Crippen molar-refractivity contribution in [1.29, 1.82) is 0 Å². The normalized spacial score (nSPS) is 9.53. The first-order valence-electron chi connectivity index (χ1n) is 5.30. The Labute approximate surface area is 107 Å². The topological polar surface area (TPSA) is 41.1 Å². The number of hydrogen-bond donors (Lipinski definition) is 2. The molecule has 1 aromatic carbocycles. The van der Waals surface area contributed by atoms with E-state index in [1.54, 1.807) is 6.07 Å². The molecule has 1 rings (SSSR count). The molecule has 1 aromatic rings. The van der Waals surface area contributed by atoms with E-state index in [0.717, 1.165) is 11.3 Å². The molecule has 0 saturated carbocycles. The van der Waals surface area contributed by atoms with Gasteiger partial charge in [0.05, 0.1) is 5.69 Å². The summed E-state index contributed by atoms with van der Waals surface area (Å²) in [6.45, 7) is 7.84. The number of carbonyl (C=O) groups is 1. The Morgan fingerprint density at radius 2 is 2.00 bits per heavy atom. The molecular formula is C13H16N2OS. The Morgan fingerprint density at radius 3 is 2.59 bits per heavy atom. The summed E-state index contributed by atoms with van der Waals surface area (Å²) in [5.74, 6) is 0.0100. The maximum atomic E-state index is 11.4. The van der Waals surface area contributed by atoms with Crippen LogP contribution in [0.25, 0.3) is 0 Å². The van der Waals surface area contributed by atoms with Crippen molar-refractivity contribution in [2.75, 3.05) is 11.9 Å². The second-order valence-corrected chi connectivity index (χ2v) is 4.27. The largest absolute Gasteiger partial charge is 0.359 e. The van der Waals surface area contributed by atoms with Crippen molar-refractivity contribution in [2.45, 2.75) is 13.8 Å². The maximum Gasteiger partial charge on any atom is 0.171 e. The molecule has 0 aromatic heterocycles. The molecule has 3 nitrogen and oxygen atoms in total. The Morgan fingerprint density at radius 1 is 1.35 bits per heavy atom. The van der Waals surface area contributed by atoms with Crippen molar-refractivity contribution in [3.63, 3.8) is 0 Å². The zero-order valence-electron chi connectivity index (χ0n) is 10.0. The predicted molar refractivity (Wildman–Crippen MR) is 75.5 cm³/mol. The van der Waals surface area contributed by atoms with Gasteiger partial charge in [-0.05, 0) is 38.2 Å². The first-order valence-corrected chi connectivity index (χ1v) is 5.70. The molecular weight excluding hydrogens is 232 g/mol. The third-order valence-electron chi connectivity index (χ3n) is 2.11. The molecule has 0 aliphatic carbocycles. The van der Waals surface area contributed by atoms with E-state index < -0.39 is 0 Å². The molecule has 90 valence electrons. The highest BCUT2D eigenvalue weighted by atomic mass is 32.1. The summed E-state index contributed by atoms with van der Waals surface area (Å²) in [4.78, 5) is 11.4. The van der Waals surface area contributed by atoms with Gasteiger partial charge in [0.2, 0.25) is 0 Å². The average Bonchev–Trinajstić information content (AvgIpc) is 2.27. The van der Waals surface area contributed by atoms with E-state index in [0.29, 0.717) is 17.2 Å². The van der Waals surface area contributed by atoms with Crippen LogP contribution in [-0.4, -0.2) is 17.4 Å². The lowest BCUT2D eigenvalue weighted by atomic mass is 10.1. The Bertz CT molecular complexity index is 454. The molecule has 0 unspecified atom stereocenters. The molecule has 17 heavy (non-hydrogen) atoms. The molecule has 2 N–H and O–H groups in total. The molecule has 0 atom stereocenters. The summed E-state index contributed by atoms with van der Waals surface area (Å²) in [5, 5.41) is 6.50. The van der Waals surface area contributed by atoms with Crippen molar-refractivity contribution in [1.82, 2.24) is 5.32 Å². The summed E-state index contributed by atoms with van der Waals surface area (Å²) in [6.07, 6.45) is 0. The van der Waals surface area contributed by atoms with Crippen molar-refractivity contribution in [3.8, 4) is 0 Å². The molecule has 0 bridgehead atoms. The average molecular weight is 248 g/mol. The van der Waals surface area contributed by atoms with Crippen LogP contribution in [0.1, 0.15) is 24.2 Å². The summed E-state index contributed by atoms with van der Waals surface area (Å²) in [6, 6.07) is 7.28. The van der Waals surface area contributed by atoms with Crippen LogP contribution < -0.4 is 10.6 Å². The van der Waals surface area contributed by atoms with Gasteiger partial charge in [-0.3, -0.25) is 4.79 Å². The van der Waals surface area contributed by atoms with E-state index in [2.05, 4.69) is 17.2 Å². The van der Waals surface area contributed by atoms with Gasteiger partial charge in [0.1, 0.15) is 0 Å². The zero-order chi connectivity index (χ0) is 12.8. The minimum atomic E-state index is 0.0100. The quantitative estimate of drug-likeness (QED) is 0.488. The van der Waals surface area contributed by atoms with Crippen LogP contribution in [0.2, 0.25) is 0 Å². The monoisotopic (exact) mass is 248 g/mol. The Balaban J connectivity index is 2.71. The summed E-state index contributed by atoms with van der Waals surface area (Å²) in [5.41, 5.74) is 2.35. The van der Waals surface area contributed by atoms with E-state index in [4.69, 9.17) is 12.2 Å². The van der Waals surface area contributed by atoms with E-state index in [-0.39, 0.29) is 5.78 Å². The summed E-state index contributed by atoms with van der Waals surface area (Å²) >= 11 is 5.13. The second kappa shape index (κ2) is 6.15. The number of para-hydroxylation sites is 1. The van der Waals surface area contributed by atoms with Crippen molar-refractivity contribution in [2.24, 2.45) is 0 Å². The van der Waals surface area contributed by atoms with Crippen LogP contribution >= 0.6 is 12.2 Å². The number of nitrogens with one attached hydrogen (secondary N) is 2. The minimum absolute atomic E-state index is 0.0100. The van der Waals surface area contributed by atoms with Gasteiger partial charge in [-0.1, -0.05) is 24.3 Å². The van der Waals surface area contributed by atoms with Gasteiger partial charge in [0.15, 0.2) is 10.9 Å². The Hall–Kier alpha value is -1.68. The van der Waals surface area contributed by atoms with Gasteiger partial charge >= 0.3 is 0 Å². The molecule has 0 radical (unpaired) electrons. The van der Waals surface area contributed by atoms with E-state index in [1.807, 2.05) is 25.1 Å². The number of hydrogen-bond acceptors (Lipinski definition) is 2. The SMILES string of the molecule is C=C(C)CNC(=S)Nc1ccccc1C(C)=O. The highest BCUT2D eigenvalue weighted by Crippen LogP contribution is 2.15. The van der Waals surface area contributed by atoms with Crippen LogP contribution in [0.15, 0.2) is 36.4 Å². The smallest absolute Gasteiger partial charge is 0.171 e. The summed E-state index contributed by atoms with van der Waals surface area (Å²) in [7, 11) is 0. The molecule has 4 heteroatoms. The van der Waals surface area contributed by atoms with Gasteiger partial charge < -0.3 is 10.6 Å². The van der Waals surface area contributed by atoms with Crippen LogP contribution in [0.4, 0.5) is 5.69 Å². The Kier molecular flexibility index (Phi) is 4.84. The molecule has 0 aliphatic heterocycles. The first kappa shape index (κ1) is 13.4. The van der Waals surface area contributed by atoms with Crippen LogP contribution in [0.3, 0.4) is 0 Å². The van der Waals surface area contributed by atoms with Crippen LogP contribution in [-0.2, 0) is 0 Å². The number of Topliss-reactive ketones (excluding diaryl/α,β-unsaturated/α-hetero) is 1. The van der Waals surface area contributed by atoms with E-state index in [1.165, 1.54) is 6.92 Å². The second-order valence-electron chi connectivity index (χ2n) is 3.87. The first-order chi connectivity index (χ1) is 8.00. The molecule has 0 saturated heterocycles. The number of thiocarbonyl (C=S) groups is 1. The fraction of sp³-hybridized carbons (Fsp3) is 0.231. The number of ketones is 1. The number of rotatable bonds is 4. The van der Waals surface area contributed by atoms with Gasteiger partial charge in [0.25, 0.3) is 0 Å². The molecule has 0 spiro atoms. The van der Waals surface area contributed by atoms with Crippen molar-refractivity contribution >= 4 is 28.8 Å². The molecule has 0 amide bonds.